The van der Waals surface area contributed by atoms with Crippen LogP contribution in [0.4, 0.5) is 4.39 Å². The Kier molecular flexibility index (Phi) is 5.94. The molecule has 0 bridgehead atoms. The summed E-state index contributed by atoms with van der Waals surface area (Å²) in [6, 6.07) is 4.40. The van der Waals surface area contributed by atoms with E-state index in [-0.39, 0.29) is 23.3 Å². The average molecular weight is 323 g/mol. The maximum absolute atomic E-state index is 14.0. The van der Waals surface area contributed by atoms with Crippen LogP contribution < -0.4 is 5.32 Å². The lowest BCUT2D eigenvalue weighted by atomic mass is 10.2. The molecule has 0 amide bonds. The van der Waals surface area contributed by atoms with Crippen LogP contribution in [-0.2, 0) is 10.0 Å². The minimum atomic E-state index is -3.74. The minimum Gasteiger partial charge on any atom is -0.318 e. The lowest BCUT2D eigenvalue weighted by molar-refractivity contribution is 0.376. The fraction of sp³-hybridized carbons (Fsp3) is 0.538. The predicted octanol–water partition coefficient (Wildman–Crippen LogP) is 1.93. The van der Waals surface area contributed by atoms with Crippen molar-refractivity contribution >= 4 is 22.4 Å². The summed E-state index contributed by atoms with van der Waals surface area (Å²) in [6.07, 6.45) is 1.63. The van der Waals surface area contributed by atoms with Gasteiger partial charge >= 0.3 is 0 Å². The van der Waals surface area contributed by atoms with Gasteiger partial charge in [0.05, 0.1) is 0 Å². The molecule has 0 saturated carbocycles. The predicted molar refractivity (Wildman–Crippen MR) is 79.2 cm³/mol. The molecule has 114 valence electrons. The standard InChI is InChI=1S/C13H19FN2O2S.ClH/c1-10-5-3-7-12(13(10)14)19(17,18)16-8-4-6-11(16)9-15-2;/h3,5,7,11,15H,4,6,8-9H2,1-2H3;1H. The number of hydrogen-bond acceptors (Lipinski definition) is 3. The van der Waals surface area contributed by atoms with E-state index in [2.05, 4.69) is 5.32 Å². The molecule has 4 nitrogen and oxygen atoms in total. The van der Waals surface area contributed by atoms with Gasteiger partial charge in [-0.1, -0.05) is 12.1 Å². The van der Waals surface area contributed by atoms with Crippen molar-refractivity contribution in [3.63, 3.8) is 0 Å². The number of hydrogen-bond donors (Lipinski definition) is 1. The zero-order chi connectivity index (χ0) is 14.0. The number of benzene rings is 1. The normalized spacial score (nSPS) is 19.9. The van der Waals surface area contributed by atoms with Gasteiger partial charge in [-0.2, -0.15) is 4.31 Å². The molecule has 1 unspecified atom stereocenters. The molecule has 20 heavy (non-hydrogen) atoms. The minimum absolute atomic E-state index is 0. The molecule has 0 spiro atoms. The maximum Gasteiger partial charge on any atom is 0.246 e. The van der Waals surface area contributed by atoms with Crippen LogP contribution in [0.1, 0.15) is 18.4 Å². The molecule has 1 aromatic carbocycles. The van der Waals surface area contributed by atoms with E-state index in [4.69, 9.17) is 0 Å². The Balaban J connectivity index is 0.00000200. The van der Waals surface area contributed by atoms with E-state index in [1.54, 1.807) is 26.1 Å². The van der Waals surface area contributed by atoms with Gasteiger partial charge in [-0.3, -0.25) is 0 Å². The first-order valence-corrected chi connectivity index (χ1v) is 7.84. The summed E-state index contributed by atoms with van der Waals surface area (Å²) in [6.45, 7) is 2.62. The molecule has 1 saturated heterocycles. The topological polar surface area (TPSA) is 49.4 Å². The smallest absolute Gasteiger partial charge is 0.246 e. The highest BCUT2D eigenvalue weighted by atomic mass is 35.5. The van der Waals surface area contributed by atoms with Gasteiger partial charge in [0.2, 0.25) is 10.0 Å². The number of nitrogens with one attached hydrogen (secondary N) is 1. The van der Waals surface area contributed by atoms with Crippen LogP contribution in [0, 0.1) is 12.7 Å². The van der Waals surface area contributed by atoms with E-state index < -0.39 is 15.8 Å². The van der Waals surface area contributed by atoms with Crippen molar-refractivity contribution in [2.45, 2.75) is 30.7 Å². The first-order valence-electron chi connectivity index (χ1n) is 6.40. The van der Waals surface area contributed by atoms with Gasteiger partial charge in [-0.05, 0) is 38.4 Å². The summed E-state index contributed by atoms with van der Waals surface area (Å²) in [4.78, 5) is -0.212. The van der Waals surface area contributed by atoms with E-state index in [9.17, 15) is 12.8 Å². The molecule has 1 aliphatic heterocycles. The molecule has 1 N–H and O–H groups in total. The van der Waals surface area contributed by atoms with Crippen molar-refractivity contribution in [1.82, 2.24) is 9.62 Å². The molecular formula is C13H20ClFN2O2S. The third-order valence-electron chi connectivity index (χ3n) is 3.51. The third kappa shape index (κ3) is 3.14. The SMILES string of the molecule is CNCC1CCCN1S(=O)(=O)c1cccc(C)c1F.Cl. The van der Waals surface area contributed by atoms with Gasteiger partial charge in [-0.25, -0.2) is 12.8 Å². The van der Waals surface area contributed by atoms with Crippen LogP contribution in [-0.4, -0.2) is 38.9 Å². The van der Waals surface area contributed by atoms with Crippen LogP contribution in [0.5, 0.6) is 0 Å². The number of aryl methyl sites for hydroxylation is 1. The maximum atomic E-state index is 14.0. The van der Waals surface area contributed by atoms with Gasteiger partial charge in [0.25, 0.3) is 0 Å². The van der Waals surface area contributed by atoms with E-state index >= 15 is 0 Å². The van der Waals surface area contributed by atoms with Crippen LogP contribution >= 0.6 is 12.4 Å². The second-order valence-electron chi connectivity index (χ2n) is 4.86. The first-order chi connectivity index (χ1) is 8.98. The molecule has 1 aromatic rings. The number of halogens is 2. The van der Waals surface area contributed by atoms with Gasteiger partial charge in [0.1, 0.15) is 10.7 Å². The lowest BCUT2D eigenvalue weighted by Gasteiger charge is -2.24. The quantitative estimate of drug-likeness (QED) is 0.921. The van der Waals surface area contributed by atoms with Gasteiger partial charge in [-0.15, -0.1) is 12.4 Å². The van der Waals surface area contributed by atoms with Crippen molar-refractivity contribution in [3.05, 3.63) is 29.6 Å². The highest BCUT2D eigenvalue weighted by Crippen LogP contribution is 2.28. The van der Waals surface area contributed by atoms with Crippen LogP contribution in [0.15, 0.2) is 23.1 Å². The van der Waals surface area contributed by atoms with Gasteiger partial charge in [0, 0.05) is 19.1 Å². The van der Waals surface area contributed by atoms with Gasteiger partial charge in [0.15, 0.2) is 0 Å². The second-order valence-corrected chi connectivity index (χ2v) is 6.72. The molecule has 7 heteroatoms. The Bertz CT molecular complexity index is 565. The number of nitrogens with zero attached hydrogens (tertiary/aromatic N) is 1. The molecule has 2 rings (SSSR count). The summed E-state index contributed by atoms with van der Waals surface area (Å²) in [5, 5.41) is 2.99. The third-order valence-corrected chi connectivity index (χ3v) is 5.48. The van der Waals surface area contributed by atoms with E-state index in [0.29, 0.717) is 18.7 Å². The van der Waals surface area contributed by atoms with E-state index in [0.717, 1.165) is 12.8 Å². The van der Waals surface area contributed by atoms with E-state index in [1.807, 2.05) is 0 Å². The number of sulfonamides is 1. The van der Waals surface area contributed by atoms with Crippen LogP contribution in [0.25, 0.3) is 0 Å². The Morgan fingerprint density at radius 3 is 2.80 bits per heavy atom. The van der Waals surface area contributed by atoms with Crippen molar-refractivity contribution in [2.24, 2.45) is 0 Å². The van der Waals surface area contributed by atoms with Crippen molar-refractivity contribution in [3.8, 4) is 0 Å². The Hall–Kier alpha value is -0.690. The zero-order valence-corrected chi connectivity index (χ0v) is 13.2. The van der Waals surface area contributed by atoms with Crippen molar-refractivity contribution in [2.75, 3.05) is 20.1 Å². The average Bonchev–Trinajstić information content (AvgIpc) is 2.82. The van der Waals surface area contributed by atoms with E-state index in [1.165, 1.54) is 10.4 Å². The van der Waals surface area contributed by atoms with Crippen molar-refractivity contribution in [1.29, 1.82) is 0 Å². The second kappa shape index (κ2) is 6.85. The summed E-state index contributed by atoms with van der Waals surface area (Å²) < 4.78 is 40.6. The Labute approximate surface area is 125 Å². The molecule has 1 atom stereocenters. The summed E-state index contributed by atoms with van der Waals surface area (Å²) in [5.74, 6) is -0.641. The van der Waals surface area contributed by atoms with Crippen LogP contribution in [0.2, 0.25) is 0 Å². The van der Waals surface area contributed by atoms with Crippen LogP contribution in [0.3, 0.4) is 0 Å². The Morgan fingerprint density at radius 1 is 1.45 bits per heavy atom. The summed E-state index contributed by atoms with van der Waals surface area (Å²) >= 11 is 0. The molecule has 0 aliphatic carbocycles. The van der Waals surface area contributed by atoms with Gasteiger partial charge < -0.3 is 5.32 Å². The molecule has 1 aliphatic rings. The lowest BCUT2D eigenvalue weighted by Crippen LogP contribution is -2.41. The summed E-state index contributed by atoms with van der Waals surface area (Å²) in [7, 11) is -1.96. The summed E-state index contributed by atoms with van der Waals surface area (Å²) in [5.41, 5.74) is 0.352. The highest BCUT2D eigenvalue weighted by Gasteiger charge is 2.36. The fourth-order valence-electron chi connectivity index (χ4n) is 2.51. The molecule has 1 fully saturated rings. The number of likely N-dealkylation sites (N-methyl/N-ethyl adjacent to an activating group) is 1. The molecule has 0 aromatic heterocycles. The highest BCUT2D eigenvalue weighted by molar-refractivity contribution is 7.89. The first kappa shape index (κ1) is 17.4. The molecule has 0 radical (unpaired) electrons. The Morgan fingerprint density at radius 2 is 2.15 bits per heavy atom. The number of rotatable bonds is 4. The zero-order valence-electron chi connectivity index (χ0n) is 11.6. The fourth-order valence-corrected chi connectivity index (χ4v) is 4.34. The molecular weight excluding hydrogens is 303 g/mol. The monoisotopic (exact) mass is 322 g/mol. The van der Waals surface area contributed by atoms with Crippen molar-refractivity contribution < 1.29 is 12.8 Å². The largest absolute Gasteiger partial charge is 0.318 e. The molecule has 1 heterocycles.